The van der Waals surface area contributed by atoms with Crippen molar-refractivity contribution in [2.45, 2.75) is 18.9 Å². The Labute approximate surface area is 88.0 Å². The summed E-state index contributed by atoms with van der Waals surface area (Å²) in [6.45, 7) is 0. The van der Waals surface area contributed by atoms with Crippen LogP contribution in [0.5, 0.6) is 0 Å². The predicted octanol–water partition coefficient (Wildman–Crippen LogP) is 2.67. The summed E-state index contributed by atoms with van der Waals surface area (Å²) in [6, 6.07) is 3.32. The topological polar surface area (TPSA) is 30.7 Å². The molecule has 0 aliphatic heterocycles. The summed E-state index contributed by atoms with van der Waals surface area (Å²) in [7, 11) is 0. The van der Waals surface area contributed by atoms with Gasteiger partial charge >= 0.3 is 0 Å². The van der Waals surface area contributed by atoms with Crippen molar-refractivity contribution in [3.63, 3.8) is 0 Å². The molecule has 1 aromatic carbocycles. The van der Waals surface area contributed by atoms with Crippen molar-refractivity contribution in [2.24, 2.45) is 0 Å². The van der Waals surface area contributed by atoms with Gasteiger partial charge in [-0.25, -0.2) is 9.07 Å². The number of aromatic nitrogens is 3. The second-order valence-corrected chi connectivity index (χ2v) is 4.37. The smallest absolute Gasteiger partial charge is 0.126 e. The number of rotatable bonds is 1. The van der Waals surface area contributed by atoms with Gasteiger partial charge in [-0.3, -0.25) is 0 Å². The Morgan fingerprint density at radius 1 is 1.43 bits per heavy atom. The van der Waals surface area contributed by atoms with Gasteiger partial charge in [-0.2, -0.15) is 0 Å². The van der Waals surface area contributed by atoms with E-state index in [9.17, 15) is 4.39 Å². The molecule has 0 radical (unpaired) electrons. The first-order chi connectivity index (χ1) is 6.75. The summed E-state index contributed by atoms with van der Waals surface area (Å²) in [5.74, 6) is -0.285. The molecule has 0 spiro atoms. The van der Waals surface area contributed by atoms with E-state index in [4.69, 9.17) is 0 Å². The summed E-state index contributed by atoms with van der Waals surface area (Å²) in [4.78, 5) is 0. The summed E-state index contributed by atoms with van der Waals surface area (Å²) < 4.78 is 15.6. The minimum atomic E-state index is -0.285. The monoisotopic (exact) mass is 255 g/mol. The predicted molar refractivity (Wildman–Crippen MR) is 53.5 cm³/mol. The Hall–Kier alpha value is -0.970. The molecule has 1 fully saturated rings. The van der Waals surface area contributed by atoms with Crippen molar-refractivity contribution in [1.29, 1.82) is 0 Å². The first-order valence-corrected chi connectivity index (χ1v) is 5.25. The molecular weight excluding hydrogens is 249 g/mol. The van der Waals surface area contributed by atoms with E-state index < -0.39 is 0 Å². The van der Waals surface area contributed by atoms with Crippen LogP contribution in [0.15, 0.2) is 16.6 Å². The van der Waals surface area contributed by atoms with Crippen LogP contribution >= 0.6 is 15.9 Å². The summed E-state index contributed by atoms with van der Waals surface area (Å²) in [5, 5.41) is 7.97. The second kappa shape index (κ2) is 2.76. The largest absolute Gasteiger partial charge is 0.240 e. The fourth-order valence-electron chi connectivity index (χ4n) is 1.57. The molecule has 0 N–H and O–H groups in total. The minimum Gasteiger partial charge on any atom is -0.240 e. The van der Waals surface area contributed by atoms with Crippen LogP contribution in [0, 0.1) is 5.82 Å². The maximum Gasteiger partial charge on any atom is 0.126 e. The number of fused-ring (bicyclic) bond motifs is 1. The molecule has 1 heterocycles. The maximum absolute atomic E-state index is 13.0. The molecule has 0 atom stereocenters. The van der Waals surface area contributed by atoms with Gasteiger partial charge in [0.15, 0.2) is 0 Å². The van der Waals surface area contributed by atoms with Gasteiger partial charge in [0.25, 0.3) is 0 Å². The van der Waals surface area contributed by atoms with Crippen LogP contribution in [0.25, 0.3) is 11.0 Å². The van der Waals surface area contributed by atoms with E-state index in [0.29, 0.717) is 11.6 Å². The molecule has 1 aromatic heterocycles. The van der Waals surface area contributed by atoms with Gasteiger partial charge in [0.1, 0.15) is 16.9 Å². The zero-order chi connectivity index (χ0) is 9.71. The highest BCUT2D eigenvalue weighted by Gasteiger charge is 2.27. The molecule has 0 unspecified atom stereocenters. The minimum absolute atomic E-state index is 0.285. The molecule has 3 rings (SSSR count). The third-order valence-corrected chi connectivity index (χ3v) is 2.98. The van der Waals surface area contributed by atoms with Crippen molar-refractivity contribution in [1.82, 2.24) is 15.0 Å². The summed E-state index contributed by atoms with van der Waals surface area (Å²) in [6.07, 6.45) is 2.28. The van der Waals surface area contributed by atoms with Crippen LogP contribution in [0.1, 0.15) is 18.9 Å². The molecule has 3 nitrogen and oxygen atoms in total. The molecule has 2 aromatic rings. The molecule has 0 bridgehead atoms. The molecule has 0 amide bonds. The zero-order valence-electron chi connectivity index (χ0n) is 7.24. The SMILES string of the molecule is Fc1cc(Br)c2c(c1)nnn2C1CC1. The third-order valence-electron chi connectivity index (χ3n) is 2.38. The normalized spacial score (nSPS) is 16.4. The van der Waals surface area contributed by atoms with Gasteiger partial charge in [0.2, 0.25) is 0 Å². The molecule has 1 saturated carbocycles. The van der Waals surface area contributed by atoms with Gasteiger partial charge in [-0.15, -0.1) is 5.10 Å². The van der Waals surface area contributed by atoms with E-state index in [0.717, 1.165) is 22.8 Å². The van der Waals surface area contributed by atoms with Crippen LogP contribution in [-0.4, -0.2) is 15.0 Å². The Kier molecular flexibility index (Phi) is 1.65. The average molecular weight is 256 g/mol. The third kappa shape index (κ3) is 1.15. The first kappa shape index (κ1) is 8.35. The van der Waals surface area contributed by atoms with E-state index in [2.05, 4.69) is 26.2 Å². The van der Waals surface area contributed by atoms with Crippen LogP contribution in [0.4, 0.5) is 4.39 Å². The van der Waals surface area contributed by atoms with Crippen molar-refractivity contribution in [3.8, 4) is 0 Å². The summed E-state index contributed by atoms with van der Waals surface area (Å²) in [5.41, 5.74) is 1.51. The van der Waals surface area contributed by atoms with Gasteiger partial charge < -0.3 is 0 Å². The molecule has 0 saturated heterocycles. The van der Waals surface area contributed by atoms with Crippen molar-refractivity contribution < 1.29 is 4.39 Å². The first-order valence-electron chi connectivity index (χ1n) is 4.45. The number of hydrogen-bond acceptors (Lipinski definition) is 2. The summed E-state index contributed by atoms with van der Waals surface area (Å²) >= 11 is 3.33. The number of benzene rings is 1. The van der Waals surface area contributed by atoms with Gasteiger partial charge in [0, 0.05) is 10.5 Å². The highest BCUT2D eigenvalue weighted by atomic mass is 79.9. The Balaban J connectivity index is 2.33. The highest BCUT2D eigenvalue weighted by molar-refractivity contribution is 9.10. The number of hydrogen-bond donors (Lipinski definition) is 0. The lowest BCUT2D eigenvalue weighted by atomic mass is 10.3. The molecule has 5 heteroatoms. The van der Waals surface area contributed by atoms with Crippen LogP contribution in [-0.2, 0) is 0 Å². The van der Waals surface area contributed by atoms with Crippen LogP contribution in [0.2, 0.25) is 0 Å². The maximum atomic E-state index is 13.0. The molecule has 72 valence electrons. The van der Waals surface area contributed by atoms with E-state index in [-0.39, 0.29) is 5.82 Å². The standard InChI is InChI=1S/C9H7BrFN3/c10-7-3-5(11)4-8-9(7)14(13-12-8)6-1-2-6/h3-4,6H,1-2H2. The number of nitrogens with zero attached hydrogens (tertiary/aromatic N) is 3. The van der Waals surface area contributed by atoms with Crippen LogP contribution in [0.3, 0.4) is 0 Å². The Morgan fingerprint density at radius 3 is 2.93 bits per heavy atom. The highest BCUT2D eigenvalue weighted by Crippen LogP contribution is 2.37. The van der Waals surface area contributed by atoms with Gasteiger partial charge in [-0.1, -0.05) is 5.21 Å². The molecule has 1 aliphatic rings. The fraction of sp³-hybridized carbons (Fsp3) is 0.333. The second-order valence-electron chi connectivity index (χ2n) is 3.52. The lowest BCUT2D eigenvalue weighted by Gasteiger charge is -2.00. The Bertz CT molecular complexity index is 504. The molecular formula is C9H7BrFN3. The van der Waals surface area contributed by atoms with Crippen molar-refractivity contribution in [2.75, 3.05) is 0 Å². The lowest BCUT2D eigenvalue weighted by Crippen LogP contribution is -1.96. The molecule has 14 heavy (non-hydrogen) atoms. The van der Waals surface area contributed by atoms with E-state index in [1.807, 2.05) is 4.68 Å². The van der Waals surface area contributed by atoms with Gasteiger partial charge in [-0.05, 0) is 34.8 Å². The zero-order valence-corrected chi connectivity index (χ0v) is 8.83. The fourth-order valence-corrected chi connectivity index (χ4v) is 2.17. The van der Waals surface area contributed by atoms with Crippen LogP contribution < -0.4 is 0 Å². The lowest BCUT2D eigenvalue weighted by molar-refractivity contribution is 0.626. The van der Waals surface area contributed by atoms with Gasteiger partial charge in [0.05, 0.1) is 6.04 Å². The van der Waals surface area contributed by atoms with Crippen molar-refractivity contribution in [3.05, 3.63) is 22.4 Å². The van der Waals surface area contributed by atoms with Crippen molar-refractivity contribution >= 4 is 27.0 Å². The van der Waals surface area contributed by atoms with E-state index in [1.54, 1.807) is 0 Å². The molecule has 1 aliphatic carbocycles. The number of halogens is 2. The van der Waals surface area contributed by atoms with E-state index >= 15 is 0 Å². The average Bonchev–Trinajstić information content (AvgIpc) is 2.87. The van der Waals surface area contributed by atoms with E-state index in [1.165, 1.54) is 12.1 Å². The Morgan fingerprint density at radius 2 is 2.21 bits per heavy atom. The quantitative estimate of drug-likeness (QED) is 0.785.